The lowest BCUT2D eigenvalue weighted by molar-refractivity contribution is -0.137. The number of carbonyl (C=O) groups excluding carboxylic acids is 1. The van der Waals surface area contributed by atoms with E-state index in [9.17, 15) is 14.7 Å². The molecular weight excluding hydrogens is 310 g/mol. The zero-order valence-electron chi connectivity index (χ0n) is 11.0. The molecule has 1 aromatic rings. The van der Waals surface area contributed by atoms with E-state index in [4.69, 9.17) is 17.3 Å². The number of phenolic OH excluding ortho intramolecular Hbond substituents is 1. The van der Waals surface area contributed by atoms with Crippen LogP contribution in [0, 0.1) is 0 Å². The molecule has 1 saturated heterocycles. The molecule has 110 valence electrons. The fraction of sp³-hybridized carbons (Fsp3) is 0.214. The van der Waals surface area contributed by atoms with E-state index in [2.05, 4.69) is 0 Å². The van der Waals surface area contributed by atoms with Crippen molar-refractivity contribution in [3.63, 3.8) is 0 Å². The Morgan fingerprint density at radius 2 is 2.00 bits per heavy atom. The van der Waals surface area contributed by atoms with Gasteiger partial charge in [-0.1, -0.05) is 36.1 Å². The number of amides is 1. The molecule has 0 saturated carbocycles. The molecule has 7 heteroatoms. The Morgan fingerprint density at radius 3 is 2.62 bits per heavy atom. The molecule has 2 rings (SSSR count). The largest absolute Gasteiger partial charge is 0.508 e. The average Bonchev–Trinajstić information content (AvgIpc) is 2.68. The van der Waals surface area contributed by atoms with Gasteiger partial charge in [-0.05, 0) is 30.2 Å². The van der Waals surface area contributed by atoms with Crippen LogP contribution in [0.1, 0.15) is 18.4 Å². The molecule has 2 N–H and O–H groups in total. The molecule has 1 aromatic carbocycles. The van der Waals surface area contributed by atoms with Crippen LogP contribution in [0.5, 0.6) is 5.75 Å². The van der Waals surface area contributed by atoms with Crippen molar-refractivity contribution < 1.29 is 19.8 Å². The van der Waals surface area contributed by atoms with Crippen molar-refractivity contribution in [2.45, 2.75) is 12.8 Å². The van der Waals surface area contributed by atoms with Gasteiger partial charge in [0, 0.05) is 13.0 Å². The fourth-order valence-electron chi connectivity index (χ4n) is 1.80. The van der Waals surface area contributed by atoms with E-state index in [0.717, 1.165) is 5.56 Å². The normalized spacial score (nSPS) is 16.8. The summed E-state index contributed by atoms with van der Waals surface area (Å²) in [7, 11) is 0. The predicted molar refractivity (Wildman–Crippen MR) is 84.9 cm³/mol. The number of rotatable bonds is 5. The highest BCUT2D eigenvalue weighted by Crippen LogP contribution is 2.32. The van der Waals surface area contributed by atoms with Crippen LogP contribution in [0.4, 0.5) is 0 Å². The first-order valence-electron chi connectivity index (χ1n) is 6.23. The Hall–Kier alpha value is -1.86. The second kappa shape index (κ2) is 6.73. The maximum absolute atomic E-state index is 12.2. The standard InChI is InChI=1S/C14H13NO4S2/c16-10-5-3-9(4-6-10)8-11-13(19)15(14(20)21-11)7-1-2-12(17)18/h3-6,8,16H,1-2,7H2,(H,17,18)/b11-8-. The van der Waals surface area contributed by atoms with E-state index in [0.29, 0.717) is 22.2 Å². The number of hydrogen-bond acceptors (Lipinski definition) is 5. The summed E-state index contributed by atoms with van der Waals surface area (Å²) in [6.45, 7) is 0.309. The van der Waals surface area contributed by atoms with Gasteiger partial charge in [0.05, 0.1) is 4.91 Å². The molecule has 1 amide bonds. The monoisotopic (exact) mass is 323 g/mol. The first-order chi connectivity index (χ1) is 9.97. The van der Waals surface area contributed by atoms with E-state index in [1.54, 1.807) is 30.3 Å². The molecular formula is C14H13NO4S2. The third kappa shape index (κ3) is 4.05. The summed E-state index contributed by atoms with van der Waals surface area (Å²) in [5, 5.41) is 17.8. The maximum atomic E-state index is 12.2. The maximum Gasteiger partial charge on any atom is 0.303 e. The number of aliphatic carboxylic acids is 1. The third-order valence-electron chi connectivity index (χ3n) is 2.84. The molecule has 1 heterocycles. The molecule has 0 radical (unpaired) electrons. The van der Waals surface area contributed by atoms with Gasteiger partial charge in [-0.2, -0.15) is 0 Å². The molecule has 0 aromatic heterocycles. The van der Waals surface area contributed by atoms with Crippen LogP contribution in [0.25, 0.3) is 6.08 Å². The van der Waals surface area contributed by atoms with Crippen molar-refractivity contribution in [1.29, 1.82) is 0 Å². The van der Waals surface area contributed by atoms with Crippen LogP contribution in [-0.4, -0.2) is 37.9 Å². The first-order valence-corrected chi connectivity index (χ1v) is 7.46. The van der Waals surface area contributed by atoms with Crippen molar-refractivity contribution in [2.75, 3.05) is 6.54 Å². The number of thioether (sulfide) groups is 1. The van der Waals surface area contributed by atoms with E-state index in [1.807, 2.05) is 0 Å². The quantitative estimate of drug-likeness (QED) is 0.640. The minimum Gasteiger partial charge on any atom is -0.508 e. The van der Waals surface area contributed by atoms with Crippen LogP contribution < -0.4 is 0 Å². The number of benzene rings is 1. The third-order valence-corrected chi connectivity index (χ3v) is 4.21. The Kier molecular flexibility index (Phi) is 4.98. The van der Waals surface area contributed by atoms with Crippen LogP contribution in [0.2, 0.25) is 0 Å². The van der Waals surface area contributed by atoms with Gasteiger partial charge < -0.3 is 10.2 Å². The molecule has 1 fully saturated rings. The minimum atomic E-state index is -0.889. The number of nitrogens with zero attached hydrogens (tertiary/aromatic N) is 1. The smallest absolute Gasteiger partial charge is 0.303 e. The summed E-state index contributed by atoms with van der Waals surface area (Å²) in [5.41, 5.74) is 0.791. The summed E-state index contributed by atoms with van der Waals surface area (Å²) in [6, 6.07) is 6.48. The summed E-state index contributed by atoms with van der Waals surface area (Å²) in [5.74, 6) is -0.933. The molecule has 0 unspecified atom stereocenters. The number of phenols is 1. The van der Waals surface area contributed by atoms with Crippen molar-refractivity contribution in [3.05, 3.63) is 34.7 Å². The van der Waals surface area contributed by atoms with Crippen molar-refractivity contribution in [3.8, 4) is 5.75 Å². The van der Waals surface area contributed by atoms with E-state index >= 15 is 0 Å². The van der Waals surface area contributed by atoms with Gasteiger partial charge in [-0.3, -0.25) is 14.5 Å². The summed E-state index contributed by atoms with van der Waals surface area (Å²) in [6.07, 6.45) is 2.08. The fourth-order valence-corrected chi connectivity index (χ4v) is 3.11. The van der Waals surface area contributed by atoms with Crippen LogP contribution in [-0.2, 0) is 9.59 Å². The van der Waals surface area contributed by atoms with Gasteiger partial charge in [-0.25, -0.2) is 0 Å². The lowest BCUT2D eigenvalue weighted by Crippen LogP contribution is -2.29. The van der Waals surface area contributed by atoms with Gasteiger partial charge in [0.15, 0.2) is 0 Å². The van der Waals surface area contributed by atoms with E-state index < -0.39 is 5.97 Å². The Bertz CT molecular complexity index is 610. The lowest BCUT2D eigenvalue weighted by atomic mass is 10.2. The zero-order valence-corrected chi connectivity index (χ0v) is 12.6. The van der Waals surface area contributed by atoms with Gasteiger partial charge >= 0.3 is 5.97 Å². The van der Waals surface area contributed by atoms with Crippen LogP contribution in [0.3, 0.4) is 0 Å². The molecule has 0 bridgehead atoms. The first kappa shape index (κ1) is 15.5. The van der Waals surface area contributed by atoms with E-state index in [1.165, 1.54) is 16.7 Å². The average molecular weight is 323 g/mol. The second-order valence-electron chi connectivity index (χ2n) is 4.42. The SMILES string of the molecule is O=C(O)CCCN1C(=O)/C(=C/c2ccc(O)cc2)SC1=S. The molecule has 21 heavy (non-hydrogen) atoms. The number of aromatic hydroxyl groups is 1. The molecule has 1 aliphatic heterocycles. The van der Waals surface area contributed by atoms with Gasteiger partial charge in [0.2, 0.25) is 0 Å². The van der Waals surface area contributed by atoms with Crippen LogP contribution in [0.15, 0.2) is 29.2 Å². The topological polar surface area (TPSA) is 77.8 Å². The highest BCUT2D eigenvalue weighted by atomic mass is 32.2. The Labute approximate surface area is 131 Å². The molecule has 0 atom stereocenters. The van der Waals surface area contributed by atoms with Gasteiger partial charge in [0.1, 0.15) is 10.1 Å². The predicted octanol–water partition coefficient (Wildman–Crippen LogP) is 2.46. The Balaban J connectivity index is 2.06. The molecule has 1 aliphatic rings. The number of thiocarbonyl (C=S) groups is 1. The Morgan fingerprint density at radius 1 is 1.33 bits per heavy atom. The van der Waals surface area contributed by atoms with Gasteiger partial charge in [-0.15, -0.1) is 0 Å². The molecule has 0 spiro atoms. The van der Waals surface area contributed by atoms with Crippen molar-refractivity contribution in [2.24, 2.45) is 0 Å². The lowest BCUT2D eigenvalue weighted by Gasteiger charge is -2.13. The van der Waals surface area contributed by atoms with Crippen molar-refractivity contribution >= 4 is 46.3 Å². The minimum absolute atomic E-state index is 0.00801. The second-order valence-corrected chi connectivity index (χ2v) is 6.10. The number of hydrogen-bond donors (Lipinski definition) is 2. The summed E-state index contributed by atoms with van der Waals surface area (Å²) in [4.78, 5) is 24.6. The molecule has 0 aliphatic carbocycles. The van der Waals surface area contributed by atoms with Crippen molar-refractivity contribution in [1.82, 2.24) is 4.90 Å². The van der Waals surface area contributed by atoms with E-state index in [-0.39, 0.29) is 18.1 Å². The van der Waals surface area contributed by atoms with Crippen LogP contribution >= 0.6 is 24.0 Å². The number of carboxylic acid groups (broad SMARTS) is 1. The molecule has 5 nitrogen and oxygen atoms in total. The van der Waals surface area contributed by atoms with Gasteiger partial charge in [0.25, 0.3) is 5.91 Å². The summed E-state index contributed by atoms with van der Waals surface area (Å²) >= 11 is 6.35. The number of carboxylic acids is 1. The summed E-state index contributed by atoms with van der Waals surface area (Å²) < 4.78 is 0.440. The zero-order chi connectivity index (χ0) is 15.4. The highest BCUT2D eigenvalue weighted by molar-refractivity contribution is 8.26. The number of carbonyl (C=O) groups is 2. The highest BCUT2D eigenvalue weighted by Gasteiger charge is 2.31.